The van der Waals surface area contributed by atoms with E-state index in [1.165, 1.54) is 77.0 Å². The molecule has 0 amide bonds. The zero-order valence-corrected chi connectivity index (χ0v) is 21.0. The van der Waals surface area contributed by atoms with Gasteiger partial charge in [-0.3, -0.25) is 0 Å². The Morgan fingerprint density at radius 3 is 1.33 bits per heavy atom. The molecule has 0 saturated carbocycles. The van der Waals surface area contributed by atoms with Gasteiger partial charge in [-0.25, -0.2) is 0 Å². The Morgan fingerprint density at radius 2 is 1.00 bits per heavy atom. The Morgan fingerprint density at radius 1 is 0.630 bits per heavy atom. The monoisotopic (exact) mass is 400 g/mol. The predicted octanol–water partition coefficient (Wildman–Crippen LogP) is 8.64. The van der Waals surface area contributed by atoms with Crippen molar-refractivity contribution in [1.82, 2.24) is 0 Å². The molecule has 2 nitrogen and oxygen atoms in total. The molecular weight excluding hydrogens is 348 g/mol. The lowest BCUT2D eigenvalue weighted by Crippen LogP contribution is -2.53. The Kier molecular flexibility index (Phi) is 16.1. The molecule has 0 N–H and O–H groups in total. The largest absolute Gasteiger partial charge is 0.394 e. The smallest absolute Gasteiger partial charge is 0.344 e. The highest BCUT2D eigenvalue weighted by molar-refractivity contribution is 6.70. The molecule has 0 aromatic heterocycles. The fraction of sp³-hybridized carbons (Fsp3) is 1.00. The van der Waals surface area contributed by atoms with Crippen LogP contribution in [-0.4, -0.2) is 21.8 Å². The lowest BCUT2D eigenvalue weighted by Gasteiger charge is -2.45. The SMILES string of the molecule is CCCCCCCCCCCCCC[Si](OCC)(OCC)C(C)(C)C(C)C. The standard InChI is InChI=1S/C24H52O2Si/c1-8-11-12-13-14-15-16-17-18-19-20-21-22-27(25-9-2,26-10-3)24(6,7)23(4)5/h23H,8-22H2,1-7H3. The van der Waals surface area contributed by atoms with Gasteiger partial charge in [0.05, 0.1) is 0 Å². The quantitative estimate of drug-likeness (QED) is 0.159. The first kappa shape index (κ1) is 27.1. The third-order valence-electron chi connectivity index (χ3n) is 6.54. The summed E-state index contributed by atoms with van der Waals surface area (Å²) in [5.41, 5.74) is 0. The van der Waals surface area contributed by atoms with Gasteiger partial charge in [-0.1, -0.05) is 112 Å². The lowest BCUT2D eigenvalue weighted by atomic mass is 9.99. The molecule has 0 spiro atoms. The van der Waals surface area contributed by atoms with Gasteiger partial charge in [-0.15, -0.1) is 0 Å². The minimum absolute atomic E-state index is 0.150. The van der Waals surface area contributed by atoms with Crippen LogP contribution in [0.2, 0.25) is 11.1 Å². The van der Waals surface area contributed by atoms with E-state index >= 15 is 0 Å². The Bertz CT molecular complexity index is 322. The van der Waals surface area contributed by atoms with Crippen LogP contribution in [0.5, 0.6) is 0 Å². The molecule has 0 aromatic carbocycles. The molecule has 0 aliphatic rings. The normalized spacial score (nSPS) is 12.9. The van der Waals surface area contributed by atoms with Crippen molar-refractivity contribution in [3.8, 4) is 0 Å². The van der Waals surface area contributed by atoms with Crippen molar-refractivity contribution in [2.24, 2.45) is 5.92 Å². The molecule has 0 saturated heterocycles. The van der Waals surface area contributed by atoms with E-state index in [-0.39, 0.29) is 5.04 Å². The zero-order valence-electron chi connectivity index (χ0n) is 20.0. The van der Waals surface area contributed by atoms with E-state index in [1.807, 2.05) is 0 Å². The second kappa shape index (κ2) is 16.0. The van der Waals surface area contributed by atoms with Crippen LogP contribution in [-0.2, 0) is 8.85 Å². The minimum Gasteiger partial charge on any atom is -0.394 e. The third kappa shape index (κ3) is 10.5. The van der Waals surface area contributed by atoms with E-state index < -0.39 is 8.56 Å². The van der Waals surface area contributed by atoms with Crippen LogP contribution in [0, 0.1) is 5.92 Å². The summed E-state index contributed by atoms with van der Waals surface area (Å²) in [7, 11) is -2.18. The molecule has 3 heteroatoms. The van der Waals surface area contributed by atoms with E-state index in [4.69, 9.17) is 8.85 Å². The van der Waals surface area contributed by atoms with Crippen LogP contribution >= 0.6 is 0 Å². The summed E-state index contributed by atoms with van der Waals surface area (Å²) in [5, 5.41) is 0.150. The number of hydrogen-bond donors (Lipinski definition) is 0. The summed E-state index contributed by atoms with van der Waals surface area (Å²) < 4.78 is 12.8. The third-order valence-corrected chi connectivity index (χ3v) is 11.6. The molecule has 0 radical (unpaired) electrons. The van der Waals surface area contributed by atoms with E-state index in [0.29, 0.717) is 5.92 Å². The highest BCUT2D eigenvalue weighted by Crippen LogP contribution is 2.48. The molecule has 0 aromatic rings. The van der Waals surface area contributed by atoms with E-state index in [1.54, 1.807) is 0 Å². The number of hydrogen-bond acceptors (Lipinski definition) is 2. The molecular formula is C24H52O2Si. The molecule has 0 atom stereocenters. The average Bonchev–Trinajstić information content (AvgIpc) is 2.62. The second-order valence-corrected chi connectivity index (χ2v) is 13.0. The van der Waals surface area contributed by atoms with Gasteiger partial charge in [0.25, 0.3) is 0 Å². The summed E-state index contributed by atoms with van der Waals surface area (Å²) in [6.07, 6.45) is 16.8. The van der Waals surface area contributed by atoms with Crippen LogP contribution in [0.4, 0.5) is 0 Å². The first-order chi connectivity index (χ1) is 12.9. The first-order valence-electron chi connectivity index (χ1n) is 12.2. The Balaban J connectivity index is 4.10. The van der Waals surface area contributed by atoms with Crippen molar-refractivity contribution < 1.29 is 8.85 Å². The fourth-order valence-corrected chi connectivity index (χ4v) is 8.27. The summed E-state index contributed by atoms with van der Waals surface area (Å²) in [6.45, 7) is 17.5. The van der Waals surface area contributed by atoms with Crippen LogP contribution < -0.4 is 0 Å². The average molecular weight is 401 g/mol. The summed E-state index contributed by atoms with van der Waals surface area (Å²) >= 11 is 0. The van der Waals surface area contributed by atoms with Crippen LogP contribution in [0.3, 0.4) is 0 Å². The van der Waals surface area contributed by atoms with Crippen molar-refractivity contribution in [2.45, 2.75) is 137 Å². The molecule has 0 fully saturated rings. The highest BCUT2D eigenvalue weighted by Gasteiger charge is 2.52. The topological polar surface area (TPSA) is 18.5 Å². The van der Waals surface area contributed by atoms with Gasteiger partial charge in [-0.05, 0) is 25.8 Å². The molecule has 0 aliphatic heterocycles. The lowest BCUT2D eigenvalue weighted by molar-refractivity contribution is 0.144. The highest BCUT2D eigenvalue weighted by atomic mass is 28.4. The van der Waals surface area contributed by atoms with Gasteiger partial charge in [0.2, 0.25) is 0 Å². The van der Waals surface area contributed by atoms with Crippen LogP contribution in [0.15, 0.2) is 0 Å². The fourth-order valence-electron chi connectivity index (χ4n) is 3.99. The second-order valence-electron chi connectivity index (χ2n) is 9.13. The first-order valence-corrected chi connectivity index (χ1v) is 14.2. The van der Waals surface area contributed by atoms with E-state index in [0.717, 1.165) is 19.3 Å². The number of rotatable bonds is 19. The summed E-state index contributed by atoms with van der Waals surface area (Å²) in [6, 6.07) is 1.15. The zero-order chi connectivity index (χ0) is 20.6. The maximum absolute atomic E-state index is 6.41. The number of unbranched alkanes of at least 4 members (excludes halogenated alkanes) is 11. The molecule has 0 aliphatic carbocycles. The van der Waals surface area contributed by atoms with Gasteiger partial charge in [0, 0.05) is 18.3 Å². The van der Waals surface area contributed by atoms with Gasteiger partial charge in [0.15, 0.2) is 0 Å². The van der Waals surface area contributed by atoms with Gasteiger partial charge >= 0.3 is 8.56 Å². The molecule has 0 unspecified atom stereocenters. The predicted molar refractivity (Wildman–Crippen MR) is 124 cm³/mol. The van der Waals surface area contributed by atoms with Crippen molar-refractivity contribution in [2.75, 3.05) is 13.2 Å². The Labute approximate surface area is 173 Å². The molecule has 0 bridgehead atoms. The summed E-state index contributed by atoms with van der Waals surface area (Å²) in [4.78, 5) is 0. The summed E-state index contributed by atoms with van der Waals surface area (Å²) in [5.74, 6) is 0.583. The maximum Gasteiger partial charge on any atom is 0.344 e. The van der Waals surface area contributed by atoms with Crippen LogP contribution in [0.25, 0.3) is 0 Å². The van der Waals surface area contributed by atoms with Crippen molar-refractivity contribution in [3.05, 3.63) is 0 Å². The van der Waals surface area contributed by atoms with E-state index in [2.05, 4.69) is 48.5 Å². The van der Waals surface area contributed by atoms with Gasteiger partial charge < -0.3 is 8.85 Å². The van der Waals surface area contributed by atoms with Crippen LogP contribution in [0.1, 0.15) is 126 Å². The Hall–Kier alpha value is 0.137. The maximum atomic E-state index is 6.41. The molecule has 27 heavy (non-hydrogen) atoms. The van der Waals surface area contributed by atoms with Crippen molar-refractivity contribution in [1.29, 1.82) is 0 Å². The minimum atomic E-state index is -2.18. The molecule has 0 heterocycles. The van der Waals surface area contributed by atoms with E-state index in [9.17, 15) is 0 Å². The van der Waals surface area contributed by atoms with Gasteiger partial charge in [-0.2, -0.15) is 0 Å². The molecule has 164 valence electrons. The molecule has 0 rings (SSSR count). The van der Waals surface area contributed by atoms with Crippen molar-refractivity contribution >= 4 is 8.56 Å². The van der Waals surface area contributed by atoms with Crippen molar-refractivity contribution in [3.63, 3.8) is 0 Å². The van der Waals surface area contributed by atoms with Gasteiger partial charge in [0.1, 0.15) is 0 Å².